The zero-order chi connectivity index (χ0) is 24.2. The van der Waals surface area contributed by atoms with Crippen molar-refractivity contribution in [3.63, 3.8) is 0 Å². The molecule has 6 N–H and O–H groups in total. The smallest absolute Gasteiger partial charge is 0.268 e. The molecule has 10 nitrogen and oxygen atoms in total. The number of aromatic nitrogens is 3. The molecule has 10 heteroatoms. The number of anilines is 1. The Morgan fingerprint density at radius 3 is 2.44 bits per heavy atom. The first-order valence-electron chi connectivity index (χ1n) is 13.0. The van der Waals surface area contributed by atoms with Crippen LogP contribution in [0.3, 0.4) is 0 Å². The van der Waals surface area contributed by atoms with Crippen LogP contribution in [0.25, 0.3) is 0 Å². The second-order valence-corrected chi connectivity index (χ2v) is 9.87. The van der Waals surface area contributed by atoms with Gasteiger partial charge in [0.25, 0.3) is 5.91 Å². The van der Waals surface area contributed by atoms with E-state index in [1.165, 1.54) is 62.6 Å². The zero-order valence-corrected chi connectivity index (χ0v) is 20.4. The van der Waals surface area contributed by atoms with Crippen molar-refractivity contribution in [2.45, 2.75) is 90.0 Å². The maximum atomic E-state index is 12.2. The fraction of sp³-hybridized carbons (Fsp3) is 0.750. The number of carbonyl (C=O) groups excluding carboxylic acids is 2. The number of unbranched alkanes of at least 4 members (excludes halogenated alkanes) is 1. The van der Waals surface area contributed by atoms with Crippen LogP contribution in [-0.4, -0.2) is 44.9 Å². The Labute approximate surface area is 202 Å². The molecule has 0 radical (unpaired) electrons. The molecule has 34 heavy (non-hydrogen) atoms. The Bertz CT molecular complexity index is 797. The molecule has 1 heterocycles. The summed E-state index contributed by atoms with van der Waals surface area (Å²) in [5.74, 6) is 7.29. The first-order valence-corrected chi connectivity index (χ1v) is 13.0. The average Bonchev–Trinajstić information content (AvgIpc) is 3.28. The molecular weight excluding hydrogens is 432 g/mol. The lowest BCUT2D eigenvalue weighted by Gasteiger charge is -2.22. The second-order valence-electron chi connectivity index (χ2n) is 9.87. The van der Waals surface area contributed by atoms with Gasteiger partial charge in [0.15, 0.2) is 5.82 Å². The van der Waals surface area contributed by atoms with E-state index in [9.17, 15) is 9.59 Å². The molecule has 1 aromatic rings. The molecule has 0 saturated heterocycles. The molecule has 2 amide bonds. The van der Waals surface area contributed by atoms with E-state index in [0.717, 1.165) is 25.7 Å². The van der Waals surface area contributed by atoms with Crippen LogP contribution in [0.15, 0.2) is 18.1 Å². The molecule has 2 aliphatic carbocycles. The van der Waals surface area contributed by atoms with Crippen LogP contribution >= 0.6 is 0 Å². The van der Waals surface area contributed by atoms with E-state index in [-0.39, 0.29) is 17.5 Å². The van der Waals surface area contributed by atoms with E-state index in [1.54, 1.807) is 10.9 Å². The van der Waals surface area contributed by atoms with Gasteiger partial charge < -0.3 is 21.4 Å². The molecule has 3 rings (SSSR count). The van der Waals surface area contributed by atoms with Gasteiger partial charge in [0.1, 0.15) is 5.70 Å². The molecule has 2 fully saturated rings. The lowest BCUT2D eigenvalue weighted by Crippen LogP contribution is -2.36. The highest BCUT2D eigenvalue weighted by atomic mass is 16.2. The third kappa shape index (κ3) is 9.32. The molecule has 2 aliphatic rings. The van der Waals surface area contributed by atoms with Crippen LogP contribution in [0.4, 0.5) is 5.82 Å². The van der Waals surface area contributed by atoms with E-state index < -0.39 is 0 Å². The minimum Gasteiger partial charge on any atom is -0.393 e. The third-order valence-corrected chi connectivity index (χ3v) is 6.90. The molecular formula is C24H42N8O2. The molecule has 0 aliphatic heterocycles. The van der Waals surface area contributed by atoms with Gasteiger partial charge >= 0.3 is 0 Å². The minimum atomic E-state index is -0.262. The number of carbonyl (C=O) groups is 2. The van der Waals surface area contributed by atoms with Crippen LogP contribution < -0.4 is 22.2 Å². The average molecular weight is 475 g/mol. The van der Waals surface area contributed by atoms with Crippen molar-refractivity contribution < 1.29 is 9.59 Å². The summed E-state index contributed by atoms with van der Waals surface area (Å²) in [6.07, 6.45) is 17.6. The zero-order valence-electron chi connectivity index (χ0n) is 20.4. The lowest BCUT2D eigenvalue weighted by atomic mass is 9.87. The highest BCUT2D eigenvalue weighted by Gasteiger charge is 2.18. The fourth-order valence-electron chi connectivity index (χ4n) is 4.91. The number of nitrogens with zero attached hydrogens (tertiary/aromatic N) is 4. The van der Waals surface area contributed by atoms with Gasteiger partial charge in [-0.3, -0.25) is 14.3 Å². The Kier molecular flexibility index (Phi) is 10.7. The number of aryl methyl sites for hydroxylation is 1. The monoisotopic (exact) mass is 474 g/mol. The van der Waals surface area contributed by atoms with Crippen molar-refractivity contribution >= 4 is 17.6 Å². The Balaban J connectivity index is 1.28. The van der Waals surface area contributed by atoms with Gasteiger partial charge in [-0.1, -0.05) is 43.7 Å². The molecule has 0 spiro atoms. The number of nitrogens with two attached hydrogens (primary N) is 2. The number of hydrazine groups is 1. The normalized spacial score (nSPS) is 18.0. The first-order chi connectivity index (χ1) is 16.5. The summed E-state index contributed by atoms with van der Waals surface area (Å²) in [7, 11) is 0. The fourth-order valence-corrected chi connectivity index (χ4v) is 4.91. The van der Waals surface area contributed by atoms with Gasteiger partial charge in [-0.15, -0.1) is 5.10 Å². The van der Waals surface area contributed by atoms with Crippen molar-refractivity contribution in [1.29, 1.82) is 0 Å². The molecule has 0 unspecified atom stereocenters. The van der Waals surface area contributed by atoms with E-state index in [0.29, 0.717) is 43.7 Å². The highest BCUT2D eigenvalue weighted by Crippen LogP contribution is 2.26. The minimum absolute atomic E-state index is 0.0184. The van der Waals surface area contributed by atoms with Crippen LogP contribution in [0.1, 0.15) is 83.5 Å². The van der Waals surface area contributed by atoms with Gasteiger partial charge in [0, 0.05) is 32.3 Å². The second kappa shape index (κ2) is 13.9. The van der Waals surface area contributed by atoms with Crippen molar-refractivity contribution in [2.75, 3.05) is 18.4 Å². The van der Waals surface area contributed by atoms with Crippen molar-refractivity contribution in [3.8, 4) is 0 Å². The number of nitrogens with one attached hydrogen (secondary N) is 2. The molecule has 2 saturated carbocycles. The largest absolute Gasteiger partial charge is 0.393 e. The Morgan fingerprint density at radius 1 is 1.06 bits per heavy atom. The third-order valence-electron chi connectivity index (χ3n) is 6.90. The first kappa shape index (κ1) is 26.0. The van der Waals surface area contributed by atoms with Crippen LogP contribution in [-0.2, 0) is 16.1 Å². The summed E-state index contributed by atoms with van der Waals surface area (Å²) in [5.41, 5.74) is 6.03. The standard InChI is InChI=1S/C24H42N8O2/c25-21(24(34)27-16-20-11-5-2-6-12-20)17-31(26)13-7-8-14-32-18-22(29-30-32)28-23(33)15-19-9-3-1-4-10-19/h17-20H,1-16,25-26H2,(H,27,34)(H,28,33)/b21-17-. The molecule has 190 valence electrons. The van der Waals surface area contributed by atoms with E-state index in [2.05, 4.69) is 20.9 Å². The number of amides is 2. The summed E-state index contributed by atoms with van der Waals surface area (Å²) < 4.78 is 1.72. The summed E-state index contributed by atoms with van der Waals surface area (Å²) >= 11 is 0. The van der Waals surface area contributed by atoms with E-state index in [1.807, 2.05) is 0 Å². The van der Waals surface area contributed by atoms with E-state index >= 15 is 0 Å². The molecule has 0 aromatic carbocycles. The Morgan fingerprint density at radius 2 is 1.74 bits per heavy atom. The molecule has 0 bridgehead atoms. The van der Waals surface area contributed by atoms with Crippen LogP contribution in [0, 0.1) is 11.8 Å². The highest BCUT2D eigenvalue weighted by molar-refractivity contribution is 5.92. The van der Waals surface area contributed by atoms with Crippen molar-refractivity contribution in [1.82, 2.24) is 25.3 Å². The topological polar surface area (TPSA) is 144 Å². The summed E-state index contributed by atoms with van der Waals surface area (Å²) in [6.45, 7) is 1.91. The van der Waals surface area contributed by atoms with E-state index in [4.69, 9.17) is 11.6 Å². The maximum Gasteiger partial charge on any atom is 0.268 e. The van der Waals surface area contributed by atoms with Gasteiger partial charge in [-0.2, -0.15) is 0 Å². The molecule has 1 aromatic heterocycles. The quantitative estimate of drug-likeness (QED) is 0.158. The van der Waals surface area contributed by atoms with Crippen LogP contribution in [0.2, 0.25) is 0 Å². The van der Waals surface area contributed by atoms with Crippen LogP contribution in [0.5, 0.6) is 0 Å². The lowest BCUT2D eigenvalue weighted by molar-refractivity contribution is -0.118. The maximum absolute atomic E-state index is 12.2. The summed E-state index contributed by atoms with van der Waals surface area (Å²) in [4.78, 5) is 24.4. The Hall–Kier alpha value is -2.62. The van der Waals surface area contributed by atoms with Crippen molar-refractivity contribution in [2.24, 2.45) is 23.4 Å². The summed E-state index contributed by atoms with van der Waals surface area (Å²) in [6, 6.07) is 0. The predicted octanol–water partition coefficient (Wildman–Crippen LogP) is 2.64. The number of rotatable bonds is 12. The number of hydrogen-bond donors (Lipinski definition) is 4. The van der Waals surface area contributed by atoms with Gasteiger partial charge in [-0.25, -0.2) is 5.84 Å². The van der Waals surface area contributed by atoms with Crippen molar-refractivity contribution in [3.05, 3.63) is 18.1 Å². The van der Waals surface area contributed by atoms with Gasteiger partial charge in [-0.05, 0) is 50.4 Å². The summed E-state index contributed by atoms with van der Waals surface area (Å²) in [5, 5.41) is 15.4. The molecule has 0 atom stereocenters. The number of hydrogen-bond acceptors (Lipinski definition) is 7. The van der Waals surface area contributed by atoms with Gasteiger partial charge in [0.05, 0.1) is 6.20 Å². The SMILES string of the molecule is N/C(=C\N(N)CCCCn1cc(NC(=O)CC2CCCCC2)nn1)C(=O)NCC1CCCCC1. The predicted molar refractivity (Wildman–Crippen MR) is 132 cm³/mol. The van der Waals surface area contributed by atoms with Gasteiger partial charge in [0.2, 0.25) is 5.91 Å².